The second-order valence-corrected chi connectivity index (χ2v) is 3.87. The van der Waals surface area contributed by atoms with Gasteiger partial charge in [0.2, 0.25) is 0 Å². The van der Waals surface area contributed by atoms with Gasteiger partial charge in [0.15, 0.2) is 11.6 Å². The molecule has 0 amide bonds. The van der Waals surface area contributed by atoms with Crippen molar-refractivity contribution in [2.24, 2.45) is 0 Å². The van der Waals surface area contributed by atoms with Crippen LogP contribution in [0, 0.1) is 11.6 Å². The lowest BCUT2D eigenvalue weighted by Crippen LogP contribution is -1.97. The monoisotopic (exact) mass is 254 g/mol. The molecule has 1 nitrogen and oxygen atoms in total. The lowest BCUT2D eigenvalue weighted by molar-refractivity contribution is 0.290. The van der Waals surface area contributed by atoms with Gasteiger partial charge in [0.1, 0.15) is 12.4 Å². The van der Waals surface area contributed by atoms with Gasteiger partial charge in [0, 0.05) is 0 Å². The summed E-state index contributed by atoms with van der Waals surface area (Å²) in [7, 11) is 0. The van der Waals surface area contributed by atoms with Gasteiger partial charge in [-0.15, -0.1) is 0 Å². The van der Waals surface area contributed by atoms with E-state index in [1.165, 1.54) is 24.3 Å². The van der Waals surface area contributed by atoms with Crippen LogP contribution in [-0.4, -0.2) is 0 Å². The minimum absolute atomic E-state index is 0.0274. The highest BCUT2D eigenvalue weighted by molar-refractivity contribution is 6.30. The summed E-state index contributed by atoms with van der Waals surface area (Å²) in [6.45, 7) is 0.140. The van der Waals surface area contributed by atoms with Gasteiger partial charge in [-0.05, 0) is 29.8 Å². The molecule has 4 heteroatoms. The maximum atomic E-state index is 13.2. The van der Waals surface area contributed by atoms with Crippen LogP contribution < -0.4 is 4.74 Å². The van der Waals surface area contributed by atoms with Crippen LogP contribution in [0.1, 0.15) is 5.56 Å². The minimum atomic E-state index is -0.485. The van der Waals surface area contributed by atoms with E-state index in [1.807, 2.05) is 0 Å². The maximum absolute atomic E-state index is 13.2. The molecule has 0 aliphatic carbocycles. The summed E-state index contributed by atoms with van der Waals surface area (Å²) in [5.74, 6) is -0.755. The minimum Gasteiger partial charge on any atom is -0.486 e. The molecule has 0 fully saturated rings. The van der Waals surface area contributed by atoms with E-state index >= 15 is 0 Å². The molecule has 0 bridgehead atoms. The van der Waals surface area contributed by atoms with E-state index in [4.69, 9.17) is 16.3 Å². The van der Waals surface area contributed by atoms with Gasteiger partial charge in [0.05, 0.1) is 5.02 Å². The fourth-order valence-corrected chi connectivity index (χ4v) is 1.56. The topological polar surface area (TPSA) is 9.23 Å². The Bertz CT molecular complexity index is 529. The molecule has 2 rings (SSSR count). The first-order chi connectivity index (χ1) is 8.16. The van der Waals surface area contributed by atoms with E-state index in [0.717, 1.165) is 0 Å². The summed E-state index contributed by atoms with van der Waals surface area (Å²) >= 11 is 5.62. The maximum Gasteiger partial charge on any atom is 0.165 e. The molecule has 0 aromatic heterocycles. The molecule has 0 saturated carbocycles. The van der Waals surface area contributed by atoms with Crippen LogP contribution in [0.2, 0.25) is 5.02 Å². The largest absolute Gasteiger partial charge is 0.486 e. The van der Waals surface area contributed by atoms with Gasteiger partial charge < -0.3 is 4.74 Å². The molecule has 0 atom stereocenters. The standard InChI is InChI=1S/C13H9ClF2O/c14-10-7-9(5-6-11(10)15)8-17-13-4-2-1-3-12(13)16/h1-7H,8H2. The summed E-state index contributed by atoms with van der Waals surface area (Å²) < 4.78 is 31.4. The van der Waals surface area contributed by atoms with E-state index < -0.39 is 11.6 Å². The lowest BCUT2D eigenvalue weighted by Gasteiger charge is -2.07. The van der Waals surface area contributed by atoms with Gasteiger partial charge in [-0.2, -0.15) is 0 Å². The molecule has 2 aromatic rings. The van der Waals surface area contributed by atoms with Crippen molar-refractivity contribution in [1.82, 2.24) is 0 Å². The number of rotatable bonds is 3. The van der Waals surface area contributed by atoms with E-state index in [0.29, 0.717) is 5.56 Å². The SMILES string of the molecule is Fc1ccc(COc2ccccc2F)cc1Cl. The number of halogens is 3. The zero-order chi connectivity index (χ0) is 12.3. The van der Waals surface area contributed by atoms with Gasteiger partial charge in [-0.25, -0.2) is 8.78 Å². The molecule has 0 N–H and O–H groups in total. The molecule has 88 valence electrons. The summed E-state index contributed by atoms with van der Waals surface area (Å²) in [6, 6.07) is 10.3. The summed E-state index contributed by atoms with van der Waals surface area (Å²) in [5, 5.41) is 0.0274. The Kier molecular flexibility index (Phi) is 3.59. The quantitative estimate of drug-likeness (QED) is 0.798. The molecule has 0 aliphatic heterocycles. The second kappa shape index (κ2) is 5.15. The third-order valence-electron chi connectivity index (χ3n) is 2.22. The molecule has 0 saturated heterocycles. The first-order valence-corrected chi connectivity index (χ1v) is 5.36. The van der Waals surface area contributed by atoms with Crippen molar-refractivity contribution in [2.45, 2.75) is 6.61 Å². The molecule has 0 spiro atoms. The smallest absolute Gasteiger partial charge is 0.165 e. The fourth-order valence-electron chi connectivity index (χ4n) is 1.35. The highest BCUT2D eigenvalue weighted by Gasteiger charge is 2.04. The van der Waals surface area contributed by atoms with Gasteiger partial charge >= 0.3 is 0 Å². The number of para-hydroxylation sites is 1. The highest BCUT2D eigenvalue weighted by atomic mass is 35.5. The average Bonchev–Trinajstić information content (AvgIpc) is 2.32. The molecule has 2 aromatic carbocycles. The Morgan fingerprint density at radius 1 is 1.00 bits per heavy atom. The summed E-state index contributed by atoms with van der Waals surface area (Å²) in [5.41, 5.74) is 0.680. The van der Waals surface area contributed by atoms with Crippen LogP contribution in [0.5, 0.6) is 5.75 Å². The van der Waals surface area contributed by atoms with Crippen molar-refractivity contribution in [3.63, 3.8) is 0 Å². The van der Waals surface area contributed by atoms with Crippen LogP contribution in [0.3, 0.4) is 0 Å². The van der Waals surface area contributed by atoms with Crippen molar-refractivity contribution in [2.75, 3.05) is 0 Å². The first kappa shape index (κ1) is 11.9. The van der Waals surface area contributed by atoms with Gasteiger partial charge in [0.25, 0.3) is 0 Å². The number of ether oxygens (including phenoxy) is 1. The zero-order valence-corrected chi connectivity index (χ0v) is 9.55. The van der Waals surface area contributed by atoms with Gasteiger partial charge in [-0.3, -0.25) is 0 Å². The molecular weight excluding hydrogens is 246 g/mol. The Balaban J connectivity index is 2.08. The third-order valence-corrected chi connectivity index (χ3v) is 2.50. The number of benzene rings is 2. The first-order valence-electron chi connectivity index (χ1n) is 4.98. The van der Waals surface area contributed by atoms with Crippen LogP contribution in [0.4, 0.5) is 8.78 Å². The van der Waals surface area contributed by atoms with E-state index in [9.17, 15) is 8.78 Å². The highest BCUT2D eigenvalue weighted by Crippen LogP contribution is 2.20. The van der Waals surface area contributed by atoms with Crippen molar-refractivity contribution < 1.29 is 13.5 Å². The van der Waals surface area contributed by atoms with Gasteiger partial charge in [-0.1, -0.05) is 29.8 Å². The van der Waals surface area contributed by atoms with E-state index in [-0.39, 0.29) is 17.4 Å². The zero-order valence-electron chi connectivity index (χ0n) is 8.79. The van der Waals surface area contributed by atoms with Crippen LogP contribution in [-0.2, 0) is 6.61 Å². The molecule has 17 heavy (non-hydrogen) atoms. The van der Waals surface area contributed by atoms with Crippen LogP contribution in [0.25, 0.3) is 0 Å². The van der Waals surface area contributed by atoms with Crippen LogP contribution >= 0.6 is 11.6 Å². The number of hydrogen-bond acceptors (Lipinski definition) is 1. The normalized spacial score (nSPS) is 10.3. The van der Waals surface area contributed by atoms with Crippen molar-refractivity contribution >= 4 is 11.6 Å². The van der Waals surface area contributed by atoms with Crippen LogP contribution in [0.15, 0.2) is 42.5 Å². The molecular formula is C13H9ClF2O. The third kappa shape index (κ3) is 2.94. The molecule has 0 aliphatic rings. The predicted molar refractivity (Wildman–Crippen MR) is 62.1 cm³/mol. The van der Waals surface area contributed by atoms with E-state index in [1.54, 1.807) is 18.2 Å². The Morgan fingerprint density at radius 3 is 2.47 bits per heavy atom. The summed E-state index contributed by atoms with van der Waals surface area (Å²) in [6.07, 6.45) is 0. The Hall–Kier alpha value is -1.61. The predicted octanol–water partition coefficient (Wildman–Crippen LogP) is 4.20. The van der Waals surface area contributed by atoms with Crippen molar-refractivity contribution in [1.29, 1.82) is 0 Å². The Labute approximate surface area is 103 Å². The fraction of sp³-hybridized carbons (Fsp3) is 0.0769. The molecule has 0 heterocycles. The summed E-state index contributed by atoms with van der Waals surface area (Å²) in [4.78, 5) is 0. The van der Waals surface area contributed by atoms with Crippen molar-refractivity contribution in [3.8, 4) is 5.75 Å². The molecule has 0 radical (unpaired) electrons. The van der Waals surface area contributed by atoms with E-state index in [2.05, 4.69) is 0 Å². The Morgan fingerprint density at radius 2 is 1.76 bits per heavy atom. The number of hydrogen-bond donors (Lipinski definition) is 0. The second-order valence-electron chi connectivity index (χ2n) is 3.47. The molecule has 0 unspecified atom stereocenters. The van der Waals surface area contributed by atoms with Crippen molar-refractivity contribution in [3.05, 3.63) is 64.7 Å². The lowest BCUT2D eigenvalue weighted by atomic mass is 10.2. The average molecular weight is 255 g/mol.